The Bertz CT molecular complexity index is 824. The van der Waals surface area contributed by atoms with Crippen molar-refractivity contribution in [1.82, 2.24) is 9.88 Å². The van der Waals surface area contributed by atoms with Crippen LogP contribution in [0.25, 0.3) is 0 Å². The molecule has 0 aliphatic carbocycles. The molecule has 0 aliphatic heterocycles. The zero-order chi connectivity index (χ0) is 19.1. The van der Waals surface area contributed by atoms with E-state index in [9.17, 15) is 9.18 Å². The van der Waals surface area contributed by atoms with Gasteiger partial charge < -0.3 is 9.84 Å². The fraction of sp³-hybridized carbons (Fsp3) is 0.368. The van der Waals surface area contributed by atoms with E-state index in [1.54, 1.807) is 12.1 Å². The number of hydrogen-bond acceptors (Lipinski definition) is 5. The normalized spacial score (nSPS) is 11.7. The van der Waals surface area contributed by atoms with E-state index in [0.717, 1.165) is 0 Å². The maximum Gasteiger partial charge on any atom is 0.355 e. The molecule has 138 valence electrons. The van der Waals surface area contributed by atoms with Crippen LogP contribution in [-0.4, -0.2) is 47.7 Å². The summed E-state index contributed by atoms with van der Waals surface area (Å²) < 4.78 is 19.6. The van der Waals surface area contributed by atoms with E-state index in [2.05, 4.69) is 16.8 Å². The number of carbonyl (C=O) groups is 1. The van der Waals surface area contributed by atoms with Crippen molar-refractivity contribution in [3.63, 3.8) is 0 Å². The molecule has 1 N–H and O–H groups in total. The molecule has 1 atom stereocenters. The van der Waals surface area contributed by atoms with Crippen LogP contribution in [0.1, 0.15) is 34.3 Å². The summed E-state index contributed by atoms with van der Waals surface area (Å²) in [5.74, 6) is 4.66. The highest BCUT2D eigenvalue weighted by molar-refractivity contribution is 7.09. The van der Waals surface area contributed by atoms with Gasteiger partial charge in [0.2, 0.25) is 0 Å². The third kappa shape index (κ3) is 5.55. The minimum absolute atomic E-state index is 0.0797. The van der Waals surface area contributed by atoms with E-state index in [-0.39, 0.29) is 24.1 Å². The van der Waals surface area contributed by atoms with Crippen LogP contribution in [0.4, 0.5) is 4.39 Å². The van der Waals surface area contributed by atoms with E-state index < -0.39 is 11.8 Å². The molecule has 0 amide bonds. The summed E-state index contributed by atoms with van der Waals surface area (Å²) in [7, 11) is 3.87. The Labute approximate surface area is 156 Å². The standard InChI is InChI=1S/C19H21FN2O3S/c1-13(22(2)3)6-7-14-8-9-16(15(20)11-14)25-10-4-5-17-18(19(23)24)21-12-26-17/h8-9,11-13H,4-5,10H2,1-3H3,(H,23,24). The number of thiazole rings is 1. The number of hydrogen-bond donors (Lipinski definition) is 1. The molecular formula is C19H21FN2O3S. The molecule has 7 heteroatoms. The minimum Gasteiger partial charge on any atom is -0.491 e. The quantitative estimate of drug-likeness (QED) is 0.593. The van der Waals surface area contributed by atoms with Gasteiger partial charge in [-0.2, -0.15) is 0 Å². The van der Waals surface area contributed by atoms with Gasteiger partial charge in [0.25, 0.3) is 0 Å². The lowest BCUT2D eigenvalue weighted by atomic mass is 10.2. The fourth-order valence-electron chi connectivity index (χ4n) is 2.05. The number of halogens is 1. The molecule has 0 saturated heterocycles. The first-order valence-corrected chi connectivity index (χ1v) is 9.02. The second kappa shape index (κ2) is 9.32. The average molecular weight is 376 g/mol. The predicted molar refractivity (Wildman–Crippen MR) is 99.3 cm³/mol. The number of carboxylic acids is 1. The Morgan fingerprint density at radius 2 is 2.23 bits per heavy atom. The van der Waals surface area contributed by atoms with Gasteiger partial charge in [0, 0.05) is 10.4 Å². The summed E-state index contributed by atoms with van der Waals surface area (Å²) in [6, 6.07) is 4.72. The van der Waals surface area contributed by atoms with Crippen LogP contribution in [-0.2, 0) is 6.42 Å². The summed E-state index contributed by atoms with van der Waals surface area (Å²) in [4.78, 5) is 17.5. The zero-order valence-electron chi connectivity index (χ0n) is 15.0. The topological polar surface area (TPSA) is 62.7 Å². The molecule has 1 heterocycles. The van der Waals surface area contributed by atoms with Crippen molar-refractivity contribution in [3.8, 4) is 17.6 Å². The van der Waals surface area contributed by atoms with Gasteiger partial charge in [-0.15, -0.1) is 11.3 Å². The number of ether oxygens (including phenoxy) is 1. The van der Waals surface area contributed by atoms with Crippen LogP contribution >= 0.6 is 11.3 Å². The van der Waals surface area contributed by atoms with E-state index in [4.69, 9.17) is 9.84 Å². The lowest BCUT2D eigenvalue weighted by Gasteiger charge is -2.12. The van der Waals surface area contributed by atoms with Gasteiger partial charge in [-0.25, -0.2) is 14.2 Å². The van der Waals surface area contributed by atoms with Crippen molar-refractivity contribution in [1.29, 1.82) is 0 Å². The van der Waals surface area contributed by atoms with Crippen LogP contribution in [0, 0.1) is 17.7 Å². The maximum atomic E-state index is 14.1. The maximum absolute atomic E-state index is 14.1. The highest BCUT2D eigenvalue weighted by atomic mass is 32.1. The lowest BCUT2D eigenvalue weighted by molar-refractivity contribution is 0.0690. The fourth-order valence-corrected chi connectivity index (χ4v) is 2.85. The zero-order valence-corrected chi connectivity index (χ0v) is 15.8. The SMILES string of the molecule is CC(C#Cc1ccc(OCCCc2scnc2C(=O)O)c(F)c1)N(C)C. The van der Waals surface area contributed by atoms with Crippen molar-refractivity contribution in [2.45, 2.75) is 25.8 Å². The third-order valence-corrected chi connectivity index (χ3v) is 4.67. The van der Waals surface area contributed by atoms with Gasteiger partial charge in [0.05, 0.1) is 18.2 Å². The van der Waals surface area contributed by atoms with Crippen molar-refractivity contribution in [2.24, 2.45) is 0 Å². The largest absolute Gasteiger partial charge is 0.491 e. The molecule has 2 rings (SSSR count). The molecule has 1 unspecified atom stereocenters. The van der Waals surface area contributed by atoms with Gasteiger partial charge in [0.15, 0.2) is 17.3 Å². The molecule has 0 bridgehead atoms. The predicted octanol–water partition coefficient (Wildman–Crippen LogP) is 3.29. The molecule has 0 spiro atoms. The molecule has 2 aromatic rings. The minimum atomic E-state index is -1.03. The van der Waals surface area contributed by atoms with Gasteiger partial charge in [-0.05, 0) is 52.1 Å². The summed E-state index contributed by atoms with van der Waals surface area (Å²) in [5, 5.41) is 9.01. The van der Waals surface area contributed by atoms with Crippen LogP contribution in [0.2, 0.25) is 0 Å². The van der Waals surface area contributed by atoms with E-state index in [1.807, 2.05) is 25.9 Å². The first-order chi connectivity index (χ1) is 12.4. The number of aryl methyl sites for hydroxylation is 1. The summed E-state index contributed by atoms with van der Waals surface area (Å²) in [5.41, 5.74) is 2.19. The van der Waals surface area contributed by atoms with E-state index in [0.29, 0.717) is 23.3 Å². The van der Waals surface area contributed by atoms with Crippen molar-refractivity contribution >= 4 is 17.3 Å². The summed E-state index contributed by atoms with van der Waals surface area (Å²) in [6.07, 6.45) is 1.10. The smallest absolute Gasteiger partial charge is 0.355 e. The van der Waals surface area contributed by atoms with Gasteiger partial charge in [-0.3, -0.25) is 4.90 Å². The molecule has 1 aromatic carbocycles. The Hall–Kier alpha value is -2.43. The lowest BCUT2D eigenvalue weighted by Crippen LogP contribution is -2.22. The Balaban J connectivity index is 1.88. The number of rotatable bonds is 7. The van der Waals surface area contributed by atoms with Crippen LogP contribution in [0.3, 0.4) is 0 Å². The number of carboxylic acid groups (broad SMARTS) is 1. The average Bonchev–Trinajstić information content (AvgIpc) is 3.06. The monoisotopic (exact) mass is 376 g/mol. The van der Waals surface area contributed by atoms with Crippen LogP contribution < -0.4 is 4.74 Å². The number of nitrogens with zero attached hydrogens (tertiary/aromatic N) is 2. The number of aromatic carboxylic acids is 1. The molecule has 0 radical (unpaired) electrons. The molecule has 26 heavy (non-hydrogen) atoms. The molecule has 1 aromatic heterocycles. The summed E-state index contributed by atoms with van der Waals surface area (Å²) in [6.45, 7) is 2.26. The molecule has 0 aliphatic rings. The first kappa shape index (κ1) is 19.9. The number of aromatic nitrogens is 1. The van der Waals surface area contributed by atoms with Crippen LogP contribution in [0.15, 0.2) is 23.7 Å². The second-order valence-electron chi connectivity index (χ2n) is 5.94. The highest BCUT2D eigenvalue weighted by Crippen LogP contribution is 2.19. The number of benzene rings is 1. The van der Waals surface area contributed by atoms with Gasteiger partial charge in [0.1, 0.15) is 0 Å². The van der Waals surface area contributed by atoms with Crippen molar-refractivity contribution < 1.29 is 19.0 Å². The van der Waals surface area contributed by atoms with E-state index >= 15 is 0 Å². The molecule has 0 saturated carbocycles. The molecule has 5 nitrogen and oxygen atoms in total. The second-order valence-corrected chi connectivity index (χ2v) is 6.87. The third-order valence-electron chi connectivity index (χ3n) is 3.78. The van der Waals surface area contributed by atoms with Gasteiger partial charge >= 0.3 is 5.97 Å². The van der Waals surface area contributed by atoms with Crippen LogP contribution in [0.5, 0.6) is 5.75 Å². The molecule has 0 fully saturated rings. The van der Waals surface area contributed by atoms with Crippen molar-refractivity contribution in [3.05, 3.63) is 45.7 Å². The summed E-state index contributed by atoms with van der Waals surface area (Å²) >= 11 is 1.30. The molecular weight excluding hydrogens is 355 g/mol. The van der Waals surface area contributed by atoms with Gasteiger partial charge in [-0.1, -0.05) is 11.8 Å². The Kier molecular flexibility index (Phi) is 7.13. The highest BCUT2D eigenvalue weighted by Gasteiger charge is 2.13. The first-order valence-electron chi connectivity index (χ1n) is 8.14. The van der Waals surface area contributed by atoms with E-state index in [1.165, 1.54) is 22.9 Å². The Morgan fingerprint density at radius 3 is 2.88 bits per heavy atom. The Morgan fingerprint density at radius 1 is 1.46 bits per heavy atom. The van der Waals surface area contributed by atoms with Crippen molar-refractivity contribution in [2.75, 3.05) is 20.7 Å².